The van der Waals surface area contributed by atoms with Crippen LogP contribution in [0, 0.1) is 0 Å². The van der Waals surface area contributed by atoms with Gasteiger partial charge in [-0.25, -0.2) is 0 Å². The number of carbonyl (C=O) groups excluding carboxylic acids is 1. The Kier molecular flexibility index (Phi) is 6.19. The quantitative estimate of drug-likeness (QED) is 0.515. The molecule has 1 aromatic carbocycles. The fourth-order valence-corrected chi connectivity index (χ4v) is 2.88. The second-order valence-electron chi connectivity index (χ2n) is 6.30. The first-order valence-electron chi connectivity index (χ1n) is 9.18. The Morgan fingerprint density at radius 2 is 1.96 bits per heavy atom. The van der Waals surface area contributed by atoms with Gasteiger partial charge in [0, 0.05) is 30.2 Å². The van der Waals surface area contributed by atoms with Gasteiger partial charge in [-0.2, -0.15) is 0 Å². The van der Waals surface area contributed by atoms with Gasteiger partial charge in [-0.05, 0) is 36.6 Å². The summed E-state index contributed by atoms with van der Waals surface area (Å²) in [6, 6.07) is 11.7. The Balaban J connectivity index is 1.47. The number of hydrogen-bond acceptors (Lipinski definition) is 4. The number of nitrogens with zero attached hydrogens (tertiary/aromatic N) is 2. The third-order valence-corrected chi connectivity index (χ3v) is 4.34. The third-order valence-electron chi connectivity index (χ3n) is 4.34. The lowest BCUT2D eigenvalue weighted by Crippen LogP contribution is -2.26. The summed E-state index contributed by atoms with van der Waals surface area (Å²) in [5.74, 6) is 0.506. The number of benzene rings is 1. The molecule has 0 spiro atoms. The smallest absolute Gasteiger partial charge is 0.271 e. The summed E-state index contributed by atoms with van der Waals surface area (Å²) in [5, 5.41) is 15.4. The van der Waals surface area contributed by atoms with Gasteiger partial charge in [0.25, 0.3) is 5.91 Å². The fourth-order valence-electron chi connectivity index (χ4n) is 2.88. The first kappa shape index (κ1) is 17.9. The van der Waals surface area contributed by atoms with E-state index in [1.807, 2.05) is 24.4 Å². The van der Waals surface area contributed by atoms with Crippen molar-refractivity contribution in [3.8, 4) is 0 Å². The first-order valence-corrected chi connectivity index (χ1v) is 9.18. The number of fused-ring (bicyclic) bond motifs is 1. The molecule has 0 saturated carbocycles. The summed E-state index contributed by atoms with van der Waals surface area (Å²) in [4.78, 5) is 15.5. The van der Waals surface area contributed by atoms with E-state index in [4.69, 9.17) is 0 Å². The Labute approximate surface area is 153 Å². The first-order chi connectivity index (χ1) is 12.8. The Hall–Kier alpha value is -2.89. The molecule has 0 aliphatic carbocycles. The number of aromatic nitrogens is 3. The number of unbranched alkanes of at least 4 members (excludes halogenated alkanes) is 2. The van der Waals surface area contributed by atoms with Crippen molar-refractivity contribution >= 4 is 22.6 Å². The number of nitrogens with one attached hydrogen (secondary N) is 3. The maximum absolute atomic E-state index is 12.2. The van der Waals surface area contributed by atoms with Crippen molar-refractivity contribution in [2.24, 2.45) is 0 Å². The molecule has 0 radical (unpaired) electrons. The predicted octanol–water partition coefficient (Wildman–Crippen LogP) is 3.53. The van der Waals surface area contributed by atoms with Gasteiger partial charge in [0.05, 0.1) is 0 Å². The molecule has 0 bridgehead atoms. The van der Waals surface area contributed by atoms with E-state index in [2.05, 4.69) is 38.8 Å². The number of amides is 1. The summed E-state index contributed by atoms with van der Waals surface area (Å²) in [6.45, 7) is 3.60. The summed E-state index contributed by atoms with van der Waals surface area (Å²) in [6.07, 6.45) is 6.24. The summed E-state index contributed by atoms with van der Waals surface area (Å²) in [7, 11) is 0. The van der Waals surface area contributed by atoms with Gasteiger partial charge in [0.2, 0.25) is 0 Å². The zero-order chi connectivity index (χ0) is 18.2. The van der Waals surface area contributed by atoms with Crippen molar-refractivity contribution in [3.05, 3.63) is 53.9 Å². The zero-order valence-corrected chi connectivity index (χ0v) is 15.1. The minimum absolute atomic E-state index is 0.199. The normalized spacial score (nSPS) is 10.8. The van der Waals surface area contributed by atoms with E-state index in [1.54, 1.807) is 12.1 Å². The molecule has 3 N–H and O–H groups in total. The van der Waals surface area contributed by atoms with E-state index in [0.29, 0.717) is 18.1 Å². The van der Waals surface area contributed by atoms with E-state index in [1.165, 1.54) is 23.8 Å². The van der Waals surface area contributed by atoms with Crippen molar-refractivity contribution in [3.63, 3.8) is 0 Å². The van der Waals surface area contributed by atoms with Crippen molar-refractivity contribution < 1.29 is 4.79 Å². The average molecular weight is 351 g/mol. The fraction of sp³-hybridized carbons (Fsp3) is 0.350. The SMILES string of the molecule is CCCCCNc1ccc(C(=O)NCCc2c[nH]c3ccccc23)nn1. The maximum atomic E-state index is 12.2. The van der Waals surface area contributed by atoms with E-state index >= 15 is 0 Å². The molecule has 1 amide bonds. The molecular formula is C20H25N5O. The van der Waals surface area contributed by atoms with E-state index < -0.39 is 0 Å². The lowest BCUT2D eigenvalue weighted by Gasteiger charge is -2.06. The van der Waals surface area contributed by atoms with Crippen molar-refractivity contribution in [2.45, 2.75) is 32.6 Å². The number of para-hydroxylation sites is 1. The predicted molar refractivity (Wildman–Crippen MR) is 104 cm³/mol. The molecule has 6 nitrogen and oxygen atoms in total. The van der Waals surface area contributed by atoms with Crippen LogP contribution in [0.15, 0.2) is 42.6 Å². The highest BCUT2D eigenvalue weighted by Crippen LogP contribution is 2.17. The molecule has 0 saturated heterocycles. The molecule has 26 heavy (non-hydrogen) atoms. The lowest BCUT2D eigenvalue weighted by molar-refractivity contribution is 0.0948. The second-order valence-corrected chi connectivity index (χ2v) is 6.30. The van der Waals surface area contributed by atoms with Crippen molar-refractivity contribution in [1.29, 1.82) is 0 Å². The highest BCUT2D eigenvalue weighted by molar-refractivity contribution is 5.92. The third kappa shape index (κ3) is 4.59. The highest BCUT2D eigenvalue weighted by atomic mass is 16.1. The highest BCUT2D eigenvalue weighted by Gasteiger charge is 2.09. The van der Waals surface area contributed by atoms with Gasteiger partial charge in [-0.3, -0.25) is 4.79 Å². The van der Waals surface area contributed by atoms with Crippen LogP contribution in [0.4, 0.5) is 5.82 Å². The number of H-pyrrole nitrogens is 1. The van der Waals surface area contributed by atoms with Gasteiger partial charge in [-0.15, -0.1) is 10.2 Å². The van der Waals surface area contributed by atoms with Gasteiger partial charge < -0.3 is 15.6 Å². The van der Waals surface area contributed by atoms with Crippen LogP contribution in [0.1, 0.15) is 42.2 Å². The minimum atomic E-state index is -0.199. The number of anilines is 1. The molecule has 6 heteroatoms. The summed E-state index contributed by atoms with van der Waals surface area (Å²) >= 11 is 0. The molecule has 0 fully saturated rings. The monoisotopic (exact) mass is 351 g/mol. The Morgan fingerprint density at radius 3 is 2.77 bits per heavy atom. The average Bonchev–Trinajstić information content (AvgIpc) is 3.09. The van der Waals surface area contributed by atoms with Gasteiger partial charge in [-0.1, -0.05) is 38.0 Å². The zero-order valence-electron chi connectivity index (χ0n) is 15.1. The molecule has 2 aromatic heterocycles. The van der Waals surface area contributed by atoms with Gasteiger partial charge in [0.1, 0.15) is 5.82 Å². The molecular weight excluding hydrogens is 326 g/mol. The standard InChI is InChI=1S/C20H25N5O/c1-2-3-6-12-21-19-10-9-18(24-25-19)20(26)22-13-11-15-14-23-17-8-5-4-7-16(15)17/h4-5,7-10,14,23H,2-3,6,11-13H2,1H3,(H,21,25)(H,22,26). The van der Waals surface area contributed by atoms with E-state index in [9.17, 15) is 4.79 Å². The summed E-state index contributed by atoms with van der Waals surface area (Å²) in [5.41, 5.74) is 2.64. The number of carbonyl (C=O) groups is 1. The minimum Gasteiger partial charge on any atom is -0.369 e. The van der Waals surface area contributed by atoms with Crippen LogP contribution in [0.3, 0.4) is 0 Å². The van der Waals surface area contributed by atoms with Crippen LogP contribution in [0.2, 0.25) is 0 Å². The van der Waals surface area contributed by atoms with Crippen LogP contribution in [-0.4, -0.2) is 34.2 Å². The lowest BCUT2D eigenvalue weighted by atomic mass is 10.1. The maximum Gasteiger partial charge on any atom is 0.271 e. The second kappa shape index (κ2) is 8.99. The number of aromatic amines is 1. The van der Waals surface area contributed by atoms with Crippen LogP contribution in [0.25, 0.3) is 10.9 Å². The molecule has 0 aliphatic rings. The van der Waals surface area contributed by atoms with Crippen LogP contribution in [-0.2, 0) is 6.42 Å². The molecule has 136 valence electrons. The van der Waals surface area contributed by atoms with E-state index in [-0.39, 0.29) is 5.91 Å². The van der Waals surface area contributed by atoms with Crippen LogP contribution < -0.4 is 10.6 Å². The van der Waals surface area contributed by atoms with Crippen molar-refractivity contribution in [1.82, 2.24) is 20.5 Å². The Bertz CT molecular complexity index is 841. The molecule has 3 aromatic rings. The van der Waals surface area contributed by atoms with Crippen LogP contribution in [0.5, 0.6) is 0 Å². The molecule has 3 rings (SSSR count). The van der Waals surface area contributed by atoms with Gasteiger partial charge >= 0.3 is 0 Å². The molecule has 2 heterocycles. The number of hydrogen-bond donors (Lipinski definition) is 3. The van der Waals surface area contributed by atoms with E-state index in [0.717, 1.165) is 24.9 Å². The number of rotatable bonds is 9. The topological polar surface area (TPSA) is 82.7 Å². The molecule has 0 aliphatic heterocycles. The molecule has 0 unspecified atom stereocenters. The summed E-state index contributed by atoms with van der Waals surface area (Å²) < 4.78 is 0. The Morgan fingerprint density at radius 1 is 1.08 bits per heavy atom. The van der Waals surface area contributed by atoms with Crippen LogP contribution >= 0.6 is 0 Å². The van der Waals surface area contributed by atoms with Crippen molar-refractivity contribution in [2.75, 3.05) is 18.4 Å². The largest absolute Gasteiger partial charge is 0.369 e. The van der Waals surface area contributed by atoms with Gasteiger partial charge in [0.15, 0.2) is 5.69 Å². The molecule has 0 atom stereocenters.